The van der Waals surface area contributed by atoms with Gasteiger partial charge in [0.15, 0.2) is 0 Å². The van der Waals surface area contributed by atoms with Crippen LogP contribution in [0.1, 0.15) is 38.2 Å². The molecule has 0 spiro atoms. The summed E-state index contributed by atoms with van der Waals surface area (Å²) in [6.45, 7) is 3.21. The van der Waals surface area contributed by atoms with Crippen molar-refractivity contribution in [3.05, 3.63) is 35.9 Å². The summed E-state index contributed by atoms with van der Waals surface area (Å²) in [4.78, 5) is 28.6. The van der Waals surface area contributed by atoms with E-state index < -0.39 is 20.2 Å². The van der Waals surface area contributed by atoms with Crippen molar-refractivity contribution in [3.63, 3.8) is 0 Å². The molecule has 0 aliphatic rings. The molecular formula is C16H25NO6P+. The van der Waals surface area contributed by atoms with E-state index in [0.29, 0.717) is 13.2 Å². The molecule has 24 heavy (non-hydrogen) atoms. The van der Waals surface area contributed by atoms with Gasteiger partial charge in [0.1, 0.15) is 6.61 Å². The van der Waals surface area contributed by atoms with Crippen molar-refractivity contribution < 1.29 is 28.9 Å². The quantitative estimate of drug-likeness (QED) is 0.461. The zero-order valence-corrected chi connectivity index (χ0v) is 14.7. The lowest BCUT2D eigenvalue weighted by Crippen LogP contribution is -2.25. The van der Waals surface area contributed by atoms with Crippen LogP contribution in [0.15, 0.2) is 30.3 Å². The fourth-order valence-corrected chi connectivity index (χ4v) is 1.86. The molecule has 0 fully saturated rings. The fourth-order valence-electron chi connectivity index (χ4n) is 1.63. The van der Waals surface area contributed by atoms with Gasteiger partial charge in [-0.25, -0.2) is 9.59 Å². The van der Waals surface area contributed by atoms with Crippen LogP contribution in [0.4, 0.5) is 4.79 Å². The van der Waals surface area contributed by atoms with E-state index in [4.69, 9.17) is 14.7 Å². The molecule has 0 bridgehead atoms. The Hall–Kier alpha value is -1.98. The van der Waals surface area contributed by atoms with Crippen molar-refractivity contribution in [2.75, 3.05) is 12.7 Å². The first-order chi connectivity index (χ1) is 11.5. The number of carboxylic acid groups (broad SMARTS) is 1. The number of carboxylic acids is 1. The van der Waals surface area contributed by atoms with E-state index in [-0.39, 0.29) is 6.09 Å². The van der Waals surface area contributed by atoms with Crippen molar-refractivity contribution in [2.24, 2.45) is 0 Å². The number of hydrogen-bond donors (Lipinski definition) is 3. The predicted octanol–water partition coefficient (Wildman–Crippen LogP) is 3.30. The number of hydrogen-bond acceptors (Lipinski definition) is 4. The Morgan fingerprint density at radius 1 is 1.17 bits per heavy atom. The number of nitrogens with one attached hydrogen (secondary N) is 1. The average molecular weight is 358 g/mol. The van der Waals surface area contributed by atoms with Crippen LogP contribution in [0.25, 0.3) is 0 Å². The highest BCUT2D eigenvalue weighted by Crippen LogP contribution is 2.09. The Bertz CT molecular complexity index is 483. The number of unbranched alkanes of at least 4 members (excludes halogenated alkanes) is 3. The minimum Gasteiger partial charge on any atom is -0.478 e. The molecule has 1 unspecified atom stereocenters. The van der Waals surface area contributed by atoms with E-state index in [1.54, 1.807) is 0 Å². The molecule has 0 aliphatic carbocycles. The number of carbonyl (C=O) groups is 2. The summed E-state index contributed by atoms with van der Waals surface area (Å²) in [7, 11) is -2.49. The Labute approximate surface area is 142 Å². The Morgan fingerprint density at radius 2 is 1.83 bits per heavy atom. The molecule has 3 N–H and O–H groups in total. The van der Waals surface area contributed by atoms with Gasteiger partial charge in [0, 0.05) is 6.54 Å². The van der Waals surface area contributed by atoms with Gasteiger partial charge in [-0.05, 0) is 16.5 Å². The number of ether oxygens (including phenoxy) is 1. The lowest BCUT2D eigenvalue weighted by molar-refractivity contribution is -0.134. The molecule has 0 aromatic heterocycles. The number of rotatable bonds is 9. The maximum absolute atomic E-state index is 11.3. The van der Waals surface area contributed by atoms with Crippen LogP contribution in [-0.2, 0) is 20.7 Å². The maximum Gasteiger partial charge on any atom is 0.517 e. The third-order valence-electron chi connectivity index (χ3n) is 2.78. The number of carbonyl (C=O) groups excluding carboxylic acids is 1. The van der Waals surface area contributed by atoms with Crippen LogP contribution in [-0.4, -0.2) is 34.8 Å². The first-order valence-corrected chi connectivity index (χ1v) is 9.15. The van der Waals surface area contributed by atoms with Crippen LogP contribution < -0.4 is 5.32 Å². The van der Waals surface area contributed by atoms with Gasteiger partial charge in [-0.15, -0.1) is 0 Å². The van der Waals surface area contributed by atoms with Gasteiger partial charge in [0.25, 0.3) is 6.16 Å². The van der Waals surface area contributed by atoms with E-state index in [0.717, 1.165) is 18.4 Å². The van der Waals surface area contributed by atoms with Crippen molar-refractivity contribution in [1.29, 1.82) is 0 Å². The maximum atomic E-state index is 11.3. The number of amides is 1. The molecule has 0 saturated carbocycles. The minimum absolute atomic E-state index is 0.328. The summed E-state index contributed by atoms with van der Waals surface area (Å²) in [5.41, 5.74) is 1.01. The van der Waals surface area contributed by atoms with Crippen LogP contribution in [0.2, 0.25) is 0 Å². The second-order valence-corrected chi connectivity index (χ2v) is 5.97. The lowest BCUT2D eigenvalue weighted by Gasteiger charge is -2.06. The van der Waals surface area contributed by atoms with E-state index in [9.17, 15) is 14.2 Å². The Balaban J connectivity index is 0.000000640. The second-order valence-electron chi connectivity index (χ2n) is 4.95. The summed E-state index contributed by atoms with van der Waals surface area (Å²) in [5, 5.41) is 10.5. The number of alkyl carbamates (subject to hydrolysis) is 1. The van der Waals surface area contributed by atoms with Gasteiger partial charge in [0.05, 0.1) is 0 Å². The molecule has 0 aliphatic heterocycles. The molecule has 1 amide bonds. The second kappa shape index (κ2) is 14.6. The highest BCUT2D eigenvalue weighted by atomic mass is 31.1. The van der Waals surface area contributed by atoms with Crippen molar-refractivity contribution in [3.8, 4) is 0 Å². The molecule has 1 aromatic rings. The Morgan fingerprint density at radius 3 is 2.33 bits per heavy atom. The summed E-state index contributed by atoms with van der Waals surface area (Å²) < 4.78 is 14.7. The highest BCUT2D eigenvalue weighted by Gasteiger charge is 2.15. The largest absolute Gasteiger partial charge is 0.517 e. The number of aliphatic carboxylic acids is 1. The van der Waals surface area contributed by atoms with Gasteiger partial charge in [-0.2, -0.15) is 4.89 Å². The first-order valence-electron chi connectivity index (χ1n) is 7.75. The van der Waals surface area contributed by atoms with Crippen LogP contribution in [0.3, 0.4) is 0 Å². The molecule has 7 nitrogen and oxygen atoms in total. The molecule has 1 aromatic carbocycles. The summed E-state index contributed by atoms with van der Waals surface area (Å²) >= 11 is 0. The molecule has 8 heteroatoms. The van der Waals surface area contributed by atoms with Crippen LogP contribution in [0.5, 0.6) is 0 Å². The molecular weight excluding hydrogens is 333 g/mol. The van der Waals surface area contributed by atoms with Gasteiger partial charge in [0.2, 0.25) is 0 Å². The molecule has 0 saturated heterocycles. The summed E-state index contributed by atoms with van der Waals surface area (Å²) in [6.07, 6.45) is 3.63. The third kappa shape index (κ3) is 14.9. The minimum atomic E-state index is -2.49. The van der Waals surface area contributed by atoms with E-state index in [2.05, 4.69) is 12.2 Å². The van der Waals surface area contributed by atoms with E-state index >= 15 is 0 Å². The standard InChI is InChI=1S/C14H21NO2.C2H3O4P/c1-2-3-4-8-11-15-14(16)17-12-13-9-6-5-7-10-13;3-2(4)1-7(5)6/h5-7,9-10H,2-4,8,11-12H2,1H3,(H,15,16);1H2,(H-,3,4,5,6)/p+1. The van der Waals surface area contributed by atoms with Gasteiger partial charge >= 0.3 is 20.1 Å². The van der Waals surface area contributed by atoms with E-state index in [1.807, 2.05) is 30.3 Å². The zero-order chi connectivity index (χ0) is 18.2. The van der Waals surface area contributed by atoms with E-state index in [1.165, 1.54) is 12.8 Å². The van der Waals surface area contributed by atoms with Gasteiger partial charge < -0.3 is 15.2 Å². The molecule has 0 heterocycles. The summed E-state index contributed by atoms with van der Waals surface area (Å²) in [6, 6.07) is 9.68. The SMILES string of the molecule is CCCCCCNC(=O)OCc1ccccc1.O=C(O)C[P+](=O)O. The number of benzene rings is 1. The topological polar surface area (TPSA) is 113 Å². The summed E-state index contributed by atoms with van der Waals surface area (Å²) in [5.74, 6) is -1.25. The normalized spacial score (nSPS) is 10.2. The van der Waals surface area contributed by atoms with Crippen molar-refractivity contribution >= 4 is 20.1 Å². The van der Waals surface area contributed by atoms with Gasteiger partial charge in [-0.3, -0.25) is 0 Å². The lowest BCUT2D eigenvalue weighted by atomic mass is 10.2. The Kier molecular flexibility index (Phi) is 13.4. The molecule has 0 radical (unpaired) electrons. The molecule has 134 valence electrons. The zero-order valence-electron chi connectivity index (χ0n) is 13.8. The van der Waals surface area contributed by atoms with Crippen LogP contribution in [0, 0.1) is 0 Å². The molecule has 1 atom stereocenters. The van der Waals surface area contributed by atoms with Crippen molar-refractivity contribution in [1.82, 2.24) is 5.32 Å². The first kappa shape index (κ1) is 22.0. The third-order valence-corrected chi connectivity index (χ3v) is 3.32. The van der Waals surface area contributed by atoms with Crippen molar-refractivity contribution in [2.45, 2.75) is 39.2 Å². The average Bonchev–Trinajstić information content (AvgIpc) is 2.53. The smallest absolute Gasteiger partial charge is 0.478 e. The highest BCUT2D eigenvalue weighted by molar-refractivity contribution is 7.39. The molecule has 1 rings (SSSR count). The van der Waals surface area contributed by atoms with Gasteiger partial charge in [-0.1, -0.05) is 56.5 Å². The fraction of sp³-hybridized carbons (Fsp3) is 0.500. The predicted molar refractivity (Wildman–Crippen MR) is 91.1 cm³/mol. The van der Waals surface area contributed by atoms with Crippen LogP contribution >= 0.6 is 8.03 Å². The monoisotopic (exact) mass is 358 g/mol.